The summed E-state index contributed by atoms with van der Waals surface area (Å²) in [5.41, 5.74) is 0. The van der Waals surface area contributed by atoms with E-state index in [1.165, 1.54) is 9.40 Å². The number of carbonyl (C=O) groups is 1. The molecule has 0 aliphatic carbocycles. The van der Waals surface area contributed by atoms with Crippen molar-refractivity contribution in [2.75, 3.05) is 0 Å². The van der Waals surface area contributed by atoms with Crippen LogP contribution in [0.4, 0.5) is 0 Å². The molecular weight excluding hydrogens is 212 g/mol. The summed E-state index contributed by atoms with van der Waals surface area (Å²) in [5, 5.41) is 2.07. The monoisotopic (exact) mass is 224 g/mol. The predicted octanol–water partition coefficient (Wildman–Crippen LogP) is 4.19. The molecule has 0 fully saturated rings. The minimum absolute atomic E-state index is 0.286. The second kappa shape index (κ2) is 3.83. The van der Waals surface area contributed by atoms with E-state index in [0.29, 0.717) is 12.3 Å². The smallest absolute Gasteiger partial charge is 0.173 e. The third-order valence-electron chi connectivity index (χ3n) is 2.01. The first-order valence-electron chi connectivity index (χ1n) is 4.67. The summed E-state index contributed by atoms with van der Waals surface area (Å²) in [6.45, 7) is 4.15. The highest BCUT2D eigenvalue weighted by Gasteiger charge is 2.12. The maximum atomic E-state index is 11.7. The number of rotatable bonds is 3. The summed E-state index contributed by atoms with van der Waals surface area (Å²) in [7, 11) is 0. The Kier molecular flexibility index (Phi) is 2.70. The maximum Gasteiger partial charge on any atom is 0.173 e. The molecule has 2 rings (SSSR count). The van der Waals surface area contributed by atoms with Gasteiger partial charge in [0.2, 0.25) is 0 Å². The molecule has 0 amide bonds. The Labute approximate surface area is 91.4 Å². The second-order valence-corrected chi connectivity index (χ2v) is 5.81. The summed E-state index contributed by atoms with van der Waals surface area (Å²) in [5.74, 6) is 0.732. The maximum absolute atomic E-state index is 11.7. The number of ketones is 1. The highest BCUT2D eigenvalue weighted by Crippen LogP contribution is 2.30. The number of hydrogen-bond acceptors (Lipinski definition) is 3. The minimum Gasteiger partial charge on any atom is -0.293 e. The van der Waals surface area contributed by atoms with Crippen LogP contribution in [-0.4, -0.2) is 5.78 Å². The molecule has 0 atom stereocenters. The van der Waals surface area contributed by atoms with Crippen LogP contribution in [0.1, 0.15) is 29.9 Å². The molecule has 14 heavy (non-hydrogen) atoms. The van der Waals surface area contributed by atoms with Crippen LogP contribution in [0.15, 0.2) is 17.5 Å². The Hall–Kier alpha value is -0.670. The van der Waals surface area contributed by atoms with Crippen molar-refractivity contribution in [2.24, 2.45) is 5.92 Å². The molecule has 2 heterocycles. The lowest BCUT2D eigenvalue weighted by molar-refractivity contribution is 0.0972. The topological polar surface area (TPSA) is 17.1 Å². The molecule has 0 radical (unpaired) electrons. The van der Waals surface area contributed by atoms with Gasteiger partial charge in [-0.05, 0) is 23.4 Å². The van der Waals surface area contributed by atoms with E-state index < -0.39 is 0 Å². The van der Waals surface area contributed by atoms with E-state index in [-0.39, 0.29) is 5.78 Å². The number of thiophene rings is 2. The summed E-state index contributed by atoms with van der Waals surface area (Å²) < 4.78 is 2.48. The van der Waals surface area contributed by atoms with Crippen molar-refractivity contribution in [1.82, 2.24) is 0 Å². The zero-order valence-electron chi connectivity index (χ0n) is 8.24. The summed E-state index contributed by atoms with van der Waals surface area (Å²) >= 11 is 3.32. The van der Waals surface area contributed by atoms with Gasteiger partial charge in [-0.2, -0.15) is 0 Å². The van der Waals surface area contributed by atoms with Crippen LogP contribution in [0.5, 0.6) is 0 Å². The molecule has 1 nitrogen and oxygen atoms in total. The van der Waals surface area contributed by atoms with E-state index in [0.717, 1.165) is 4.88 Å². The molecule has 0 unspecified atom stereocenters. The van der Waals surface area contributed by atoms with Crippen LogP contribution in [0.3, 0.4) is 0 Å². The molecule has 2 aromatic rings. The summed E-state index contributed by atoms with van der Waals surface area (Å²) in [6, 6.07) is 4.10. The Balaban J connectivity index is 2.26. The van der Waals surface area contributed by atoms with Crippen LogP contribution in [0.2, 0.25) is 0 Å². The molecule has 0 saturated carbocycles. The normalized spacial score (nSPS) is 11.4. The van der Waals surface area contributed by atoms with Gasteiger partial charge in [0.05, 0.1) is 4.88 Å². The SMILES string of the molecule is CC(C)CC(=O)c1cc2sccc2s1. The van der Waals surface area contributed by atoms with Crippen molar-refractivity contribution >= 4 is 37.9 Å². The van der Waals surface area contributed by atoms with E-state index in [2.05, 4.69) is 25.3 Å². The van der Waals surface area contributed by atoms with Crippen LogP contribution in [-0.2, 0) is 0 Å². The van der Waals surface area contributed by atoms with Gasteiger partial charge in [-0.3, -0.25) is 4.79 Å². The zero-order valence-corrected chi connectivity index (χ0v) is 9.87. The molecule has 0 N–H and O–H groups in total. The summed E-state index contributed by atoms with van der Waals surface area (Å²) in [4.78, 5) is 12.7. The van der Waals surface area contributed by atoms with Gasteiger partial charge in [-0.15, -0.1) is 22.7 Å². The third-order valence-corrected chi connectivity index (χ3v) is 4.14. The van der Waals surface area contributed by atoms with Gasteiger partial charge in [-0.25, -0.2) is 0 Å². The highest BCUT2D eigenvalue weighted by atomic mass is 32.1. The Morgan fingerprint density at radius 3 is 2.86 bits per heavy atom. The fraction of sp³-hybridized carbons (Fsp3) is 0.364. The Bertz CT molecular complexity index is 422. The molecule has 0 aliphatic heterocycles. The van der Waals surface area contributed by atoms with Crippen LogP contribution in [0, 0.1) is 5.92 Å². The largest absolute Gasteiger partial charge is 0.293 e. The molecule has 0 saturated heterocycles. The first kappa shape index (κ1) is 9.87. The minimum atomic E-state index is 0.286. The van der Waals surface area contributed by atoms with Crippen molar-refractivity contribution in [1.29, 1.82) is 0 Å². The van der Waals surface area contributed by atoms with E-state index in [4.69, 9.17) is 0 Å². The van der Waals surface area contributed by atoms with Gasteiger partial charge >= 0.3 is 0 Å². The molecule has 0 aliphatic rings. The first-order chi connectivity index (χ1) is 6.66. The molecule has 74 valence electrons. The first-order valence-corrected chi connectivity index (χ1v) is 6.36. The fourth-order valence-electron chi connectivity index (χ4n) is 1.37. The average molecular weight is 224 g/mol. The highest BCUT2D eigenvalue weighted by molar-refractivity contribution is 7.27. The average Bonchev–Trinajstić information content (AvgIpc) is 2.58. The lowest BCUT2D eigenvalue weighted by Gasteiger charge is -2.00. The molecule has 3 heteroatoms. The lowest BCUT2D eigenvalue weighted by Crippen LogP contribution is -2.00. The molecule has 0 spiro atoms. The summed E-state index contributed by atoms with van der Waals surface area (Å²) in [6.07, 6.45) is 0.660. The van der Waals surface area contributed by atoms with Gasteiger partial charge < -0.3 is 0 Å². The fourth-order valence-corrected chi connectivity index (χ4v) is 3.43. The van der Waals surface area contributed by atoms with E-state index >= 15 is 0 Å². The van der Waals surface area contributed by atoms with Gasteiger partial charge in [-0.1, -0.05) is 13.8 Å². The number of fused-ring (bicyclic) bond motifs is 1. The van der Waals surface area contributed by atoms with Crippen molar-refractivity contribution in [3.8, 4) is 0 Å². The second-order valence-electron chi connectivity index (χ2n) is 3.78. The van der Waals surface area contributed by atoms with Crippen LogP contribution in [0.25, 0.3) is 9.40 Å². The number of Topliss-reactive ketones (excluding diaryl/α,β-unsaturated/α-hetero) is 1. The van der Waals surface area contributed by atoms with E-state index in [1.54, 1.807) is 22.7 Å². The van der Waals surface area contributed by atoms with Gasteiger partial charge in [0, 0.05) is 15.8 Å². The molecule has 0 bridgehead atoms. The van der Waals surface area contributed by atoms with Gasteiger partial charge in [0.25, 0.3) is 0 Å². The van der Waals surface area contributed by atoms with Crippen molar-refractivity contribution in [2.45, 2.75) is 20.3 Å². The van der Waals surface area contributed by atoms with Crippen molar-refractivity contribution in [3.63, 3.8) is 0 Å². The van der Waals surface area contributed by atoms with Crippen molar-refractivity contribution in [3.05, 3.63) is 22.4 Å². The third kappa shape index (κ3) is 1.88. The standard InChI is InChI=1S/C11H12OS2/c1-7(2)5-8(12)10-6-11-9(14-10)3-4-13-11/h3-4,6-7H,5H2,1-2H3. The van der Waals surface area contributed by atoms with E-state index in [1.807, 2.05) is 6.07 Å². The predicted molar refractivity (Wildman–Crippen MR) is 63.5 cm³/mol. The van der Waals surface area contributed by atoms with Crippen LogP contribution >= 0.6 is 22.7 Å². The quantitative estimate of drug-likeness (QED) is 0.714. The molecular formula is C11H12OS2. The lowest BCUT2D eigenvalue weighted by atomic mass is 10.1. The Morgan fingerprint density at radius 1 is 1.43 bits per heavy atom. The Morgan fingerprint density at radius 2 is 2.21 bits per heavy atom. The van der Waals surface area contributed by atoms with Gasteiger partial charge in [0.15, 0.2) is 5.78 Å². The number of carbonyl (C=O) groups excluding carboxylic acids is 1. The zero-order chi connectivity index (χ0) is 10.1. The number of hydrogen-bond donors (Lipinski definition) is 0. The molecule has 0 aromatic carbocycles. The van der Waals surface area contributed by atoms with Crippen LogP contribution < -0.4 is 0 Å². The van der Waals surface area contributed by atoms with Gasteiger partial charge in [0.1, 0.15) is 0 Å². The molecule has 2 aromatic heterocycles. The van der Waals surface area contributed by atoms with Crippen molar-refractivity contribution < 1.29 is 4.79 Å². The van der Waals surface area contributed by atoms with E-state index in [9.17, 15) is 4.79 Å².